The van der Waals surface area contributed by atoms with Crippen molar-refractivity contribution in [1.82, 2.24) is 18.7 Å². The number of aromatic nitrogens is 4. The molecule has 4 heterocycles. The van der Waals surface area contributed by atoms with Crippen molar-refractivity contribution in [2.75, 3.05) is 0 Å². The summed E-state index contributed by atoms with van der Waals surface area (Å²) in [5.41, 5.74) is 23.4. The van der Waals surface area contributed by atoms with Gasteiger partial charge in [-0.1, -0.05) is 24.3 Å². The lowest BCUT2D eigenvalue weighted by Gasteiger charge is -2.06. The number of aryl methyl sites for hydroxylation is 16. The van der Waals surface area contributed by atoms with Crippen LogP contribution in [-0.4, -0.2) is 64.0 Å². The van der Waals surface area contributed by atoms with Gasteiger partial charge in [0.2, 0.25) is 0 Å². The standard InChI is InChI=1S/3C16H20N2O.C15H18N2O/c3*1-10-6-12(3)16(19)15(7-10)9-17-18-13(4)8-11(2)14(18)5;1-10-7-11(2)15(18)14(8-10)9-16-17-12(3)5-6-13(17)4/h3*6-9,19H,1-5H3;5-9,18H,1-4H3/b3*17-9+;16-9+. The monoisotopic (exact) mass is 1010 g/mol. The van der Waals surface area contributed by atoms with Crippen LogP contribution in [0, 0.1) is 132 Å². The summed E-state index contributed by atoms with van der Waals surface area (Å²) in [6, 6.07) is 25.9. The van der Waals surface area contributed by atoms with Crippen molar-refractivity contribution in [3.63, 3.8) is 0 Å². The summed E-state index contributed by atoms with van der Waals surface area (Å²) in [5.74, 6) is 1.20. The first kappa shape index (κ1) is 57.8. The smallest absolute Gasteiger partial charge is 0.127 e. The van der Waals surface area contributed by atoms with E-state index in [0.717, 1.165) is 112 Å². The Labute approximate surface area is 445 Å². The Balaban J connectivity index is 0.000000185. The number of nitrogens with zero attached hydrogens (tertiary/aromatic N) is 8. The van der Waals surface area contributed by atoms with Crippen LogP contribution in [0.25, 0.3) is 0 Å². The molecule has 0 amide bonds. The van der Waals surface area contributed by atoms with Crippen molar-refractivity contribution < 1.29 is 20.4 Å². The molecule has 8 rings (SSSR count). The number of hydrogen-bond acceptors (Lipinski definition) is 8. The molecule has 0 unspecified atom stereocenters. The quantitative estimate of drug-likeness (QED) is 0.112. The zero-order valence-corrected chi connectivity index (χ0v) is 47.7. The fourth-order valence-corrected chi connectivity index (χ4v) is 8.95. The molecule has 4 N–H and O–H groups in total. The van der Waals surface area contributed by atoms with Gasteiger partial charge >= 0.3 is 0 Å². The van der Waals surface area contributed by atoms with Crippen molar-refractivity contribution in [2.24, 2.45) is 20.4 Å². The van der Waals surface area contributed by atoms with E-state index in [0.29, 0.717) is 23.0 Å². The van der Waals surface area contributed by atoms with Crippen LogP contribution < -0.4 is 0 Å². The molecule has 75 heavy (non-hydrogen) atoms. The predicted octanol–water partition coefficient (Wildman–Crippen LogP) is 14.2. The maximum absolute atomic E-state index is 10.0. The van der Waals surface area contributed by atoms with Crippen LogP contribution in [0.15, 0.2) is 99.3 Å². The van der Waals surface area contributed by atoms with E-state index in [9.17, 15) is 20.4 Å². The summed E-state index contributed by atoms with van der Waals surface area (Å²) in [7, 11) is 0. The number of aromatic hydroxyl groups is 4. The summed E-state index contributed by atoms with van der Waals surface area (Å²) in [6.45, 7) is 38.1. The lowest BCUT2D eigenvalue weighted by atomic mass is 10.1. The predicted molar refractivity (Wildman–Crippen MR) is 312 cm³/mol. The van der Waals surface area contributed by atoms with Crippen LogP contribution >= 0.6 is 0 Å². The SMILES string of the molecule is Cc1cc(C)c(O)c(/C=N/n2c(C)cc(C)c2C)c1.Cc1cc(C)c(O)c(/C=N/n2c(C)cc(C)c2C)c1.Cc1cc(C)c(O)c(/C=N/n2c(C)cc(C)c2C)c1.Cc1cc(C)c(O)c(/C=N/n2c(C)ccc2C)c1. The van der Waals surface area contributed by atoms with E-state index in [1.807, 2.05) is 190 Å². The van der Waals surface area contributed by atoms with Crippen LogP contribution in [-0.2, 0) is 0 Å². The van der Waals surface area contributed by atoms with Crippen molar-refractivity contribution in [1.29, 1.82) is 0 Å². The molecule has 12 heteroatoms. The molecule has 0 aliphatic heterocycles. The zero-order valence-electron chi connectivity index (χ0n) is 47.7. The van der Waals surface area contributed by atoms with Gasteiger partial charge in [-0.25, -0.2) is 18.7 Å². The molecule has 0 saturated heterocycles. The van der Waals surface area contributed by atoms with E-state index in [1.54, 1.807) is 24.9 Å². The van der Waals surface area contributed by atoms with Crippen LogP contribution in [0.2, 0.25) is 0 Å². The van der Waals surface area contributed by atoms with Crippen molar-refractivity contribution in [2.45, 2.75) is 132 Å². The third-order valence-electron chi connectivity index (χ3n) is 13.3. The summed E-state index contributed by atoms with van der Waals surface area (Å²) in [6.07, 6.45) is 6.85. The zero-order chi connectivity index (χ0) is 55.7. The molecule has 0 fully saturated rings. The molecule has 0 aliphatic rings. The Kier molecular flexibility index (Phi) is 19.1. The number of phenols is 4. The third kappa shape index (κ3) is 14.3. The van der Waals surface area contributed by atoms with Gasteiger partial charge in [0.1, 0.15) is 23.0 Å². The summed E-state index contributed by atoms with van der Waals surface area (Å²) < 4.78 is 7.54. The largest absolute Gasteiger partial charge is 0.507 e. The number of benzene rings is 4. The van der Waals surface area contributed by atoms with Gasteiger partial charge in [-0.2, -0.15) is 20.4 Å². The van der Waals surface area contributed by atoms with E-state index in [2.05, 4.69) is 59.4 Å². The minimum Gasteiger partial charge on any atom is -0.507 e. The van der Waals surface area contributed by atoms with Gasteiger partial charge in [-0.15, -0.1) is 0 Å². The van der Waals surface area contributed by atoms with Gasteiger partial charge in [0, 0.05) is 67.8 Å². The molecule has 4 aromatic heterocycles. The van der Waals surface area contributed by atoms with Crippen LogP contribution in [0.4, 0.5) is 0 Å². The molecular weight excluding hydrogens is 933 g/mol. The first-order valence-corrected chi connectivity index (χ1v) is 25.2. The molecule has 0 aliphatic carbocycles. The lowest BCUT2D eigenvalue weighted by molar-refractivity contribution is 0.469. The normalized spacial score (nSPS) is 11.4. The molecule has 0 saturated carbocycles. The Morgan fingerprint density at radius 3 is 0.680 bits per heavy atom. The lowest BCUT2D eigenvalue weighted by Crippen LogP contribution is -1.97. The average molecular weight is 1010 g/mol. The summed E-state index contributed by atoms with van der Waals surface area (Å²) >= 11 is 0. The van der Waals surface area contributed by atoms with Gasteiger partial charge in [-0.05, 0) is 247 Å². The first-order valence-electron chi connectivity index (χ1n) is 25.2. The molecule has 394 valence electrons. The van der Waals surface area contributed by atoms with Gasteiger partial charge in [0.25, 0.3) is 0 Å². The number of hydrogen-bond donors (Lipinski definition) is 4. The second-order valence-corrected chi connectivity index (χ2v) is 20.1. The van der Waals surface area contributed by atoms with Crippen molar-refractivity contribution >= 4 is 24.9 Å². The highest BCUT2D eigenvalue weighted by molar-refractivity contribution is 5.86. The molecule has 0 spiro atoms. The molecule has 0 atom stereocenters. The Hall–Kier alpha value is -8.12. The topological polar surface area (TPSA) is 150 Å². The van der Waals surface area contributed by atoms with E-state index in [4.69, 9.17) is 0 Å². The highest BCUT2D eigenvalue weighted by Crippen LogP contribution is 2.26. The van der Waals surface area contributed by atoms with E-state index in [1.165, 1.54) is 16.7 Å². The molecule has 0 bridgehead atoms. The van der Waals surface area contributed by atoms with Gasteiger partial charge in [0.15, 0.2) is 0 Å². The van der Waals surface area contributed by atoms with Crippen molar-refractivity contribution in [3.05, 3.63) is 208 Å². The maximum Gasteiger partial charge on any atom is 0.127 e. The minimum atomic E-state index is 0.298. The Bertz CT molecular complexity index is 3180. The average Bonchev–Trinajstić information content (AvgIpc) is 3.97. The molecule has 4 aromatic carbocycles. The van der Waals surface area contributed by atoms with Gasteiger partial charge in [-0.3, -0.25) is 0 Å². The maximum atomic E-state index is 10.0. The second kappa shape index (κ2) is 24.7. The van der Waals surface area contributed by atoms with E-state index < -0.39 is 0 Å². The number of phenolic OH excluding ortho intramolecular Hbond substituents is 4. The molecular formula is C63H78N8O4. The highest BCUT2D eigenvalue weighted by atomic mass is 16.3. The third-order valence-corrected chi connectivity index (χ3v) is 13.3. The molecule has 8 aromatic rings. The molecule has 0 radical (unpaired) electrons. The minimum absolute atomic E-state index is 0.298. The van der Waals surface area contributed by atoms with Crippen LogP contribution in [0.5, 0.6) is 23.0 Å². The molecule has 12 nitrogen and oxygen atoms in total. The van der Waals surface area contributed by atoms with E-state index >= 15 is 0 Å². The Morgan fingerprint density at radius 1 is 0.267 bits per heavy atom. The second-order valence-electron chi connectivity index (χ2n) is 20.1. The fraction of sp³-hybridized carbons (Fsp3) is 0.302. The first-order chi connectivity index (χ1) is 35.2. The Morgan fingerprint density at radius 2 is 0.480 bits per heavy atom. The van der Waals surface area contributed by atoms with Crippen LogP contribution in [0.3, 0.4) is 0 Å². The summed E-state index contributed by atoms with van der Waals surface area (Å²) in [5, 5.41) is 57.9. The summed E-state index contributed by atoms with van der Waals surface area (Å²) in [4.78, 5) is 0. The van der Waals surface area contributed by atoms with Gasteiger partial charge in [0.05, 0.1) is 24.9 Å². The van der Waals surface area contributed by atoms with E-state index in [-0.39, 0.29) is 0 Å². The van der Waals surface area contributed by atoms with Gasteiger partial charge < -0.3 is 20.4 Å². The fourth-order valence-electron chi connectivity index (χ4n) is 8.95. The van der Waals surface area contributed by atoms with Crippen molar-refractivity contribution in [3.8, 4) is 23.0 Å². The number of rotatable bonds is 8. The van der Waals surface area contributed by atoms with Crippen LogP contribution in [0.1, 0.15) is 129 Å². The highest BCUT2D eigenvalue weighted by Gasteiger charge is 2.10.